The summed E-state index contributed by atoms with van der Waals surface area (Å²) in [6.07, 6.45) is 1.50. The van der Waals surface area contributed by atoms with Crippen LogP contribution in [0.25, 0.3) is 0 Å². The molecule has 1 amide bonds. The normalized spacial score (nSPS) is 15.5. The molecule has 11 heavy (non-hydrogen) atoms. The molecule has 0 aliphatic carbocycles. The number of rotatable bonds is 1. The van der Waals surface area contributed by atoms with Gasteiger partial charge in [0.2, 0.25) is 5.91 Å². The summed E-state index contributed by atoms with van der Waals surface area (Å²) in [4.78, 5) is 12.3. The van der Waals surface area contributed by atoms with Crippen molar-refractivity contribution in [2.45, 2.75) is 13.8 Å². The van der Waals surface area contributed by atoms with E-state index in [-0.39, 0.29) is 5.91 Å². The number of hydrogen-bond acceptors (Lipinski definition) is 2. The Kier molecular flexibility index (Phi) is 4.34. The molecule has 64 valence electrons. The van der Waals surface area contributed by atoms with Crippen molar-refractivity contribution in [3.63, 3.8) is 0 Å². The Morgan fingerprint density at radius 1 is 1.55 bits per heavy atom. The van der Waals surface area contributed by atoms with E-state index in [9.17, 15) is 4.79 Å². The third kappa shape index (κ3) is 2.62. The highest BCUT2D eigenvalue weighted by Gasteiger charge is 2.16. The Morgan fingerprint density at radius 2 is 2.09 bits per heavy atom. The topological polar surface area (TPSA) is 29.5 Å². The van der Waals surface area contributed by atoms with Crippen molar-refractivity contribution >= 4 is 5.91 Å². The van der Waals surface area contributed by atoms with Crippen molar-refractivity contribution < 1.29 is 9.53 Å². The standard InChI is InChI=1S/C6H9NO2.C2H6/c1-7-4-5(9-2)3-6(7)8;1-2/h3H,4H2,1-2H3;1-2H3. The van der Waals surface area contributed by atoms with E-state index in [0.29, 0.717) is 6.54 Å². The van der Waals surface area contributed by atoms with Gasteiger partial charge in [-0.2, -0.15) is 0 Å². The molecule has 3 heteroatoms. The van der Waals surface area contributed by atoms with Crippen LogP contribution >= 0.6 is 0 Å². The minimum absolute atomic E-state index is 0.0202. The second kappa shape index (κ2) is 4.77. The molecule has 1 aliphatic heterocycles. The monoisotopic (exact) mass is 157 g/mol. The number of likely N-dealkylation sites (N-methyl/N-ethyl adjacent to an activating group) is 1. The molecule has 0 saturated carbocycles. The van der Waals surface area contributed by atoms with Gasteiger partial charge in [0, 0.05) is 13.1 Å². The molecular weight excluding hydrogens is 142 g/mol. The van der Waals surface area contributed by atoms with E-state index in [2.05, 4.69) is 0 Å². The van der Waals surface area contributed by atoms with Gasteiger partial charge in [0.1, 0.15) is 5.76 Å². The van der Waals surface area contributed by atoms with E-state index in [0.717, 1.165) is 5.76 Å². The van der Waals surface area contributed by atoms with E-state index in [4.69, 9.17) is 4.74 Å². The first-order valence-electron chi connectivity index (χ1n) is 3.73. The summed E-state index contributed by atoms with van der Waals surface area (Å²) in [6, 6.07) is 0. The molecule has 0 unspecified atom stereocenters. The first-order valence-corrected chi connectivity index (χ1v) is 3.73. The lowest BCUT2D eigenvalue weighted by molar-refractivity contribution is -0.123. The van der Waals surface area contributed by atoms with Crippen molar-refractivity contribution in [3.8, 4) is 0 Å². The average molecular weight is 157 g/mol. The van der Waals surface area contributed by atoms with Gasteiger partial charge in [-0.3, -0.25) is 4.79 Å². The third-order valence-electron chi connectivity index (χ3n) is 1.32. The molecule has 0 saturated heterocycles. The molecule has 0 radical (unpaired) electrons. The minimum Gasteiger partial charge on any atom is -0.499 e. The van der Waals surface area contributed by atoms with Gasteiger partial charge in [0.25, 0.3) is 0 Å². The number of carbonyl (C=O) groups excluding carboxylic acids is 1. The molecule has 0 aromatic rings. The Balaban J connectivity index is 0.000000461. The molecule has 0 aromatic carbocycles. The van der Waals surface area contributed by atoms with Crippen LogP contribution in [0, 0.1) is 0 Å². The van der Waals surface area contributed by atoms with Crippen LogP contribution in [0.4, 0.5) is 0 Å². The van der Waals surface area contributed by atoms with Crippen LogP contribution in [0.3, 0.4) is 0 Å². The zero-order valence-corrected chi connectivity index (χ0v) is 7.55. The molecule has 0 N–H and O–H groups in total. The molecule has 0 atom stereocenters. The fraction of sp³-hybridized carbons (Fsp3) is 0.625. The summed E-state index contributed by atoms with van der Waals surface area (Å²) < 4.78 is 4.85. The Morgan fingerprint density at radius 3 is 2.27 bits per heavy atom. The summed E-state index contributed by atoms with van der Waals surface area (Å²) in [5, 5.41) is 0. The number of carbonyl (C=O) groups is 1. The smallest absolute Gasteiger partial charge is 0.250 e. The highest BCUT2D eigenvalue weighted by Crippen LogP contribution is 2.07. The van der Waals surface area contributed by atoms with Gasteiger partial charge >= 0.3 is 0 Å². The average Bonchev–Trinajstić information content (AvgIpc) is 2.36. The molecule has 1 rings (SSSR count). The molecule has 0 aromatic heterocycles. The van der Waals surface area contributed by atoms with Crippen LogP contribution < -0.4 is 0 Å². The quantitative estimate of drug-likeness (QED) is 0.568. The van der Waals surface area contributed by atoms with E-state index < -0.39 is 0 Å². The Hall–Kier alpha value is -0.990. The van der Waals surface area contributed by atoms with Crippen LogP contribution in [-0.4, -0.2) is 31.5 Å². The lowest BCUT2D eigenvalue weighted by Crippen LogP contribution is -2.19. The summed E-state index contributed by atoms with van der Waals surface area (Å²) in [7, 11) is 3.31. The van der Waals surface area contributed by atoms with Crippen LogP contribution in [0.2, 0.25) is 0 Å². The summed E-state index contributed by atoms with van der Waals surface area (Å²) in [6.45, 7) is 4.61. The summed E-state index contributed by atoms with van der Waals surface area (Å²) in [5.74, 6) is 0.759. The number of hydrogen-bond donors (Lipinski definition) is 0. The first kappa shape index (κ1) is 10.0. The number of ether oxygens (including phenoxy) is 1. The predicted octanol–water partition coefficient (Wildman–Crippen LogP) is 1.01. The first-order chi connectivity index (χ1) is 5.24. The van der Waals surface area contributed by atoms with E-state index in [1.165, 1.54) is 6.08 Å². The Labute approximate surface area is 67.6 Å². The Bertz CT molecular complexity index is 163. The maximum Gasteiger partial charge on any atom is 0.250 e. The van der Waals surface area contributed by atoms with Crippen molar-refractivity contribution in [1.29, 1.82) is 0 Å². The lowest BCUT2D eigenvalue weighted by atomic mass is 10.5. The second-order valence-corrected chi connectivity index (χ2v) is 2.01. The molecule has 3 nitrogen and oxygen atoms in total. The van der Waals surface area contributed by atoms with E-state index in [1.54, 1.807) is 19.1 Å². The maximum atomic E-state index is 10.7. The lowest BCUT2D eigenvalue weighted by Gasteiger charge is -2.06. The zero-order valence-electron chi connectivity index (χ0n) is 7.55. The van der Waals surface area contributed by atoms with Crippen molar-refractivity contribution in [2.75, 3.05) is 20.7 Å². The predicted molar refractivity (Wildman–Crippen MR) is 44.1 cm³/mol. The van der Waals surface area contributed by atoms with Crippen molar-refractivity contribution in [1.82, 2.24) is 4.90 Å². The van der Waals surface area contributed by atoms with Gasteiger partial charge in [0.15, 0.2) is 0 Å². The van der Waals surface area contributed by atoms with Gasteiger partial charge < -0.3 is 9.64 Å². The molecule has 0 bridgehead atoms. The van der Waals surface area contributed by atoms with Gasteiger partial charge in [-0.15, -0.1) is 0 Å². The third-order valence-corrected chi connectivity index (χ3v) is 1.32. The van der Waals surface area contributed by atoms with Gasteiger partial charge in [-0.25, -0.2) is 0 Å². The van der Waals surface area contributed by atoms with E-state index >= 15 is 0 Å². The molecule has 0 fully saturated rings. The van der Waals surface area contributed by atoms with Gasteiger partial charge in [0.05, 0.1) is 13.7 Å². The summed E-state index contributed by atoms with van der Waals surface area (Å²) in [5.41, 5.74) is 0. The molecule has 1 aliphatic rings. The van der Waals surface area contributed by atoms with Crippen molar-refractivity contribution in [2.24, 2.45) is 0 Å². The molecular formula is C8H15NO2. The van der Waals surface area contributed by atoms with Crippen LogP contribution in [0.1, 0.15) is 13.8 Å². The SMILES string of the molecule is CC.COC1=CC(=O)N(C)C1. The van der Waals surface area contributed by atoms with E-state index in [1.807, 2.05) is 13.8 Å². The largest absolute Gasteiger partial charge is 0.499 e. The van der Waals surface area contributed by atoms with Crippen LogP contribution in [0.5, 0.6) is 0 Å². The fourth-order valence-corrected chi connectivity index (χ4v) is 0.729. The molecule has 0 spiro atoms. The van der Waals surface area contributed by atoms with Gasteiger partial charge in [-0.1, -0.05) is 13.8 Å². The maximum absolute atomic E-state index is 10.7. The van der Waals surface area contributed by atoms with Crippen LogP contribution in [0.15, 0.2) is 11.8 Å². The fourth-order valence-electron chi connectivity index (χ4n) is 0.729. The summed E-state index contributed by atoms with van der Waals surface area (Å²) >= 11 is 0. The molecule has 1 heterocycles. The second-order valence-electron chi connectivity index (χ2n) is 2.01. The zero-order chi connectivity index (χ0) is 8.85. The number of nitrogens with zero attached hydrogens (tertiary/aromatic N) is 1. The van der Waals surface area contributed by atoms with Gasteiger partial charge in [-0.05, 0) is 0 Å². The highest BCUT2D eigenvalue weighted by atomic mass is 16.5. The minimum atomic E-state index is 0.0202. The number of amides is 1. The highest BCUT2D eigenvalue weighted by molar-refractivity contribution is 5.90. The van der Waals surface area contributed by atoms with Crippen LogP contribution in [-0.2, 0) is 9.53 Å². The van der Waals surface area contributed by atoms with Crippen molar-refractivity contribution in [3.05, 3.63) is 11.8 Å². The number of methoxy groups -OCH3 is 1.